The van der Waals surface area contributed by atoms with Gasteiger partial charge in [0, 0.05) is 12.0 Å². The summed E-state index contributed by atoms with van der Waals surface area (Å²) >= 11 is 0. The number of amides is 1. The maximum atomic E-state index is 13.7. The van der Waals surface area contributed by atoms with Gasteiger partial charge in [0.05, 0.1) is 5.69 Å². The summed E-state index contributed by atoms with van der Waals surface area (Å²) in [5.74, 6) is 0.288. The molecule has 0 bridgehead atoms. The van der Waals surface area contributed by atoms with E-state index in [4.69, 9.17) is 4.52 Å². The summed E-state index contributed by atoms with van der Waals surface area (Å²) in [4.78, 5) is 12.3. The van der Waals surface area contributed by atoms with Crippen LogP contribution in [0.25, 0.3) is 0 Å². The van der Waals surface area contributed by atoms with Gasteiger partial charge in [0.2, 0.25) is 0 Å². The van der Waals surface area contributed by atoms with Crippen LogP contribution in [0.15, 0.2) is 35.1 Å². The second-order valence-corrected chi connectivity index (χ2v) is 6.25. The van der Waals surface area contributed by atoms with E-state index in [-0.39, 0.29) is 23.7 Å². The highest BCUT2D eigenvalue weighted by Crippen LogP contribution is 2.41. The molecule has 1 N–H and O–H groups in total. The van der Waals surface area contributed by atoms with Gasteiger partial charge in [-0.15, -0.1) is 0 Å². The Hall–Kier alpha value is -2.17. The summed E-state index contributed by atoms with van der Waals surface area (Å²) in [7, 11) is 0. The lowest BCUT2D eigenvalue weighted by atomic mass is 9.75. The van der Waals surface area contributed by atoms with Crippen molar-refractivity contribution in [3.8, 4) is 0 Å². The Morgan fingerprint density at radius 3 is 2.73 bits per heavy atom. The Morgan fingerprint density at radius 1 is 1.23 bits per heavy atom. The van der Waals surface area contributed by atoms with Gasteiger partial charge in [-0.3, -0.25) is 4.79 Å². The molecule has 0 unspecified atom stereocenters. The molecule has 0 radical (unpaired) electrons. The van der Waals surface area contributed by atoms with E-state index >= 15 is 0 Å². The smallest absolute Gasteiger partial charge is 0.256 e. The van der Waals surface area contributed by atoms with Crippen molar-refractivity contribution in [3.05, 3.63) is 53.2 Å². The summed E-state index contributed by atoms with van der Waals surface area (Å²) in [5.41, 5.74) is 2.08. The lowest BCUT2D eigenvalue weighted by Gasteiger charge is -2.36. The number of hydrogen-bond acceptors (Lipinski definition) is 3. The van der Waals surface area contributed by atoms with E-state index in [1.54, 1.807) is 6.07 Å². The topological polar surface area (TPSA) is 55.1 Å². The van der Waals surface area contributed by atoms with Gasteiger partial charge in [-0.1, -0.05) is 23.4 Å². The predicted molar refractivity (Wildman–Crippen MR) is 78.1 cm³/mol. The first-order valence-corrected chi connectivity index (χ1v) is 7.72. The largest absolute Gasteiger partial charge is 0.364 e. The van der Waals surface area contributed by atoms with Crippen LogP contribution in [0.1, 0.15) is 59.1 Å². The Bertz CT molecular complexity index is 702. The summed E-state index contributed by atoms with van der Waals surface area (Å²) in [5, 5.41) is 6.94. The second kappa shape index (κ2) is 5.23. The van der Waals surface area contributed by atoms with Crippen LogP contribution in [0, 0.1) is 5.82 Å². The van der Waals surface area contributed by atoms with Crippen LogP contribution in [-0.2, 0) is 0 Å². The average Bonchev–Trinajstić information content (AvgIpc) is 3.20. The molecule has 114 valence electrons. The first-order valence-electron chi connectivity index (χ1n) is 7.72. The molecule has 5 heteroatoms. The van der Waals surface area contributed by atoms with Gasteiger partial charge in [-0.25, -0.2) is 4.39 Å². The number of aromatic nitrogens is 1. The fourth-order valence-corrected chi connectivity index (χ4v) is 3.13. The lowest BCUT2D eigenvalue weighted by molar-refractivity contribution is 0.0907. The van der Waals surface area contributed by atoms with E-state index in [0.29, 0.717) is 11.5 Å². The highest BCUT2D eigenvalue weighted by atomic mass is 19.1. The Labute approximate surface area is 127 Å². The molecule has 2 aromatic rings. The third kappa shape index (κ3) is 2.40. The van der Waals surface area contributed by atoms with Crippen molar-refractivity contribution in [3.63, 3.8) is 0 Å². The van der Waals surface area contributed by atoms with Gasteiger partial charge in [-0.2, -0.15) is 0 Å². The zero-order chi connectivity index (χ0) is 15.1. The molecule has 1 aromatic heterocycles. The van der Waals surface area contributed by atoms with Crippen molar-refractivity contribution >= 4 is 5.91 Å². The maximum Gasteiger partial charge on any atom is 0.256 e. The lowest BCUT2D eigenvalue weighted by Crippen LogP contribution is -2.43. The van der Waals surface area contributed by atoms with Crippen LogP contribution >= 0.6 is 0 Å². The molecule has 0 atom stereocenters. The zero-order valence-electron chi connectivity index (χ0n) is 12.1. The van der Waals surface area contributed by atoms with Crippen molar-refractivity contribution in [2.45, 2.75) is 43.6 Å². The normalized spacial score (nSPS) is 23.9. The molecular weight excluding hydrogens is 283 g/mol. The number of halogens is 1. The third-order valence-electron chi connectivity index (χ3n) is 4.62. The average molecular weight is 300 g/mol. The molecular formula is C17H17FN2O2. The predicted octanol–water partition coefficient (Wildman–Crippen LogP) is 3.37. The molecule has 2 saturated carbocycles. The van der Waals surface area contributed by atoms with E-state index in [0.717, 1.165) is 36.9 Å². The fraction of sp³-hybridized carbons (Fsp3) is 0.412. The molecule has 2 aliphatic carbocycles. The van der Waals surface area contributed by atoms with Gasteiger partial charge in [0.15, 0.2) is 0 Å². The quantitative estimate of drug-likeness (QED) is 0.942. The van der Waals surface area contributed by atoms with Crippen molar-refractivity contribution in [2.24, 2.45) is 0 Å². The van der Waals surface area contributed by atoms with E-state index in [9.17, 15) is 9.18 Å². The van der Waals surface area contributed by atoms with Gasteiger partial charge >= 0.3 is 0 Å². The Balaban J connectivity index is 1.37. The van der Waals surface area contributed by atoms with E-state index < -0.39 is 0 Å². The van der Waals surface area contributed by atoms with Gasteiger partial charge < -0.3 is 9.84 Å². The summed E-state index contributed by atoms with van der Waals surface area (Å²) in [6.45, 7) is 0. The van der Waals surface area contributed by atoms with Crippen LogP contribution in [-0.4, -0.2) is 17.1 Å². The number of benzene rings is 1. The Morgan fingerprint density at radius 2 is 2.00 bits per heavy atom. The van der Waals surface area contributed by atoms with E-state index in [1.807, 2.05) is 12.1 Å². The monoisotopic (exact) mass is 300 g/mol. The standard InChI is InChI=1S/C17H17FN2O2/c18-15-4-2-1-3-13(15)11-7-12(8-11)19-17(21)14-9-22-20-16(14)10-5-6-10/h1-4,9-12H,5-8H2,(H,19,21). The van der Waals surface area contributed by atoms with E-state index in [1.165, 1.54) is 12.3 Å². The van der Waals surface area contributed by atoms with Crippen molar-refractivity contribution in [1.29, 1.82) is 0 Å². The molecule has 1 amide bonds. The number of carbonyl (C=O) groups excluding carboxylic acids is 1. The first-order chi connectivity index (χ1) is 10.7. The summed E-state index contributed by atoms with van der Waals surface area (Å²) < 4.78 is 18.7. The minimum atomic E-state index is -0.160. The highest BCUT2D eigenvalue weighted by Gasteiger charge is 2.35. The molecule has 4 rings (SSSR count). The Kier molecular flexibility index (Phi) is 3.21. The van der Waals surface area contributed by atoms with Crippen LogP contribution in [0.4, 0.5) is 4.39 Å². The molecule has 2 fully saturated rings. The summed E-state index contributed by atoms with van der Waals surface area (Å²) in [6, 6.07) is 6.95. The molecule has 22 heavy (non-hydrogen) atoms. The van der Waals surface area contributed by atoms with Gasteiger partial charge in [0.1, 0.15) is 17.6 Å². The number of hydrogen-bond donors (Lipinski definition) is 1. The van der Waals surface area contributed by atoms with Crippen molar-refractivity contribution < 1.29 is 13.7 Å². The molecule has 2 aliphatic rings. The number of carbonyl (C=O) groups is 1. The summed E-state index contributed by atoms with van der Waals surface area (Å²) in [6.07, 6.45) is 5.13. The minimum Gasteiger partial charge on any atom is -0.364 e. The molecule has 4 nitrogen and oxygen atoms in total. The highest BCUT2D eigenvalue weighted by molar-refractivity contribution is 5.95. The van der Waals surface area contributed by atoms with Gasteiger partial charge in [-0.05, 0) is 43.2 Å². The van der Waals surface area contributed by atoms with E-state index in [2.05, 4.69) is 10.5 Å². The molecule has 1 aromatic carbocycles. The van der Waals surface area contributed by atoms with Crippen LogP contribution in [0.3, 0.4) is 0 Å². The number of rotatable bonds is 4. The van der Waals surface area contributed by atoms with Crippen LogP contribution in [0.5, 0.6) is 0 Å². The van der Waals surface area contributed by atoms with Crippen molar-refractivity contribution in [1.82, 2.24) is 10.5 Å². The number of nitrogens with zero attached hydrogens (tertiary/aromatic N) is 1. The maximum absolute atomic E-state index is 13.7. The fourth-order valence-electron chi connectivity index (χ4n) is 3.13. The molecule has 0 aliphatic heterocycles. The minimum absolute atomic E-state index is 0.0964. The van der Waals surface area contributed by atoms with Crippen LogP contribution < -0.4 is 5.32 Å². The third-order valence-corrected chi connectivity index (χ3v) is 4.62. The zero-order valence-corrected chi connectivity index (χ0v) is 12.1. The van der Waals surface area contributed by atoms with Crippen molar-refractivity contribution in [2.75, 3.05) is 0 Å². The molecule has 0 spiro atoms. The first kappa shape index (κ1) is 13.5. The SMILES string of the molecule is O=C(NC1CC(c2ccccc2F)C1)c1conc1C1CC1. The second-order valence-electron chi connectivity index (χ2n) is 6.25. The number of nitrogens with one attached hydrogen (secondary N) is 1. The van der Waals surface area contributed by atoms with Gasteiger partial charge in [0.25, 0.3) is 5.91 Å². The molecule has 1 heterocycles. The van der Waals surface area contributed by atoms with Crippen LogP contribution in [0.2, 0.25) is 0 Å². The molecule has 0 saturated heterocycles.